The van der Waals surface area contributed by atoms with E-state index in [4.69, 9.17) is 18.9 Å². The maximum atomic E-state index is 13.0. The first-order valence-electron chi connectivity index (χ1n) is 11.7. The SMILES string of the molecule is COc1ccc([NH+]2CC[NH+](CCC(=O)c3ccc4c(OC)c(OC)c(OC)cc4c3)CC2)cc1.[Cl-].[Cl-]. The molecular formula is C27H34Cl2N2O5. The van der Waals surface area contributed by atoms with Gasteiger partial charge in [0, 0.05) is 23.1 Å². The van der Waals surface area contributed by atoms with E-state index in [0.717, 1.165) is 49.2 Å². The van der Waals surface area contributed by atoms with E-state index in [-0.39, 0.29) is 30.6 Å². The Balaban J connectivity index is 0.00000228. The molecule has 0 spiro atoms. The zero-order chi connectivity index (χ0) is 24.1. The smallest absolute Gasteiger partial charge is 0.203 e. The van der Waals surface area contributed by atoms with Crippen LogP contribution in [0, 0.1) is 0 Å². The van der Waals surface area contributed by atoms with Crippen LogP contribution in [0.4, 0.5) is 5.69 Å². The topological polar surface area (TPSA) is 62.9 Å². The highest BCUT2D eigenvalue weighted by molar-refractivity contribution is 6.02. The zero-order valence-electron chi connectivity index (χ0n) is 21.2. The van der Waals surface area contributed by atoms with Crippen molar-refractivity contribution in [1.29, 1.82) is 0 Å². The van der Waals surface area contributed by atoms with Crippen molar-refractivity contribution in [2.24, 2.45) is 0 Å². The van der Waals surface area contributed by atoms with Gasteiger partial charge in [-0.1, -0.05) is 6.07 Å². The number of carbonyl (C=O) groups excluding carboxylic acids is 1. The summed E-state index contributed by atoms with van der Waals surface area (Å²) in [6, 6.07) is 15.9. The fourth-order valence-electron chi connectivity index (χ4n) is 4.76. The minimum atomic E-state index is 0. The van der Waals surface area contributed by atoms with Gasteiger partial charge in [0.2, 0.25) is 5.75 Å². The van der Waals surface area contributed by atoms with Crippen LogP contribution in [0.3, 0.4) is 0 Å². The number of methoxy groups -OCH3 is 4. The number of piperazine rings is 1. The zero-order valence-corrected chi connectivity index (χ0v) is 22.7. The standard InChI is InChI=1S/C27H32N2O5.2ClH/c1-31-22-8-6-21(7-9-22)29-15-13-28(14-16-29)12-11-24(30)19-5-10-23-20(17-19)18-25(32-2)27(34-4)26(23)33-3;;/h5-10,17-18H,11-16H2,1-4H3;2*1H. The van der Waals surface area contributed by atoms with Gasteiger partial charge >= 0.3 is 0 Å². The Morgan fingerprint density at radius 1 is 0.778 bits per heavy atom. The molecule has 36 heavy (non-hydrogen) atoms. The first-order chi connectivity index (χ1) is 16.6. The van der Waals surface area contributed by atoms with Crippen molar-refractivity contribution in [1.82, 2.24) is 0 Å². The van der Waals surface area contributed by atoms with Crippen molar-refractivity contribution in [3.8, 4) is 23.0 Å². The fourth-order valence-corrected chi connectivity index (χ4v) is 4.76. The molecule has 0 radical (unpaired) electrons. The molecule has 3 aromatic rings. The second-order valence-electron chi connectivity index (χ2n) is 8.59. The molecule has 4 rings (SSSR count). The average molecular weight is 537 g/mol. The normalized spacial score (nSPS) is 16.9. The molecule has 0 amide bonds. The quantitative estimate of drug-likeness (QED) is 0.270. The predicted octanol–water partition coefficient (Wildman–Crippen LogP) is -4.43. The number of ketones is 1. The average Bonchev–Trinajstić information content (AvgIpc) is 2.90. The first-order valence-corrected chi connectivity index (χ1v) is 11.7. The van der Waals surface area contributed by atoms with Crippen molar-refractivity contribution < 1.29 is 58.4 Å². The number of carbonyl (C=O) groups is 1. The van der Waals surface area contributed by atoms with Crippen molar-refractivity contribution >= 4 is 22.2 Å². The first kappa shape index (κ1) is 29.5. The van der Waals surface area contributed by atoms with Gasteiger partial charge in [0.25, 0.3) is 0 Å². The maximum absolute atomic E-state index is 13.0. The monoisotopic (exact) mass is 536 g/mol. The third-order valence-corrected chi connectivity index (χ3v) is 6.73. The van der Waals surface area contributed by atoms with Gasteiger partial charge in [-0.3, -0.25) is 9.69 Å². The summed E-state index contributed by atoms with van der Waals surface area (Å²) >= 11 is 0. The third kappa shape index (κ3) is 6.34. The van der Waals surface area contributed by atoms with Gasteiger partial charge in [0.1, 0.15) is 37.6 Å². The van der Waals surface area contributed by atoms with Crippen LogP contribution in [-0.2, 0) is 0 Å². The number of quaternary nitrogens is 2. The minimum Gasteiger partial charge on any atom is -1.00 e. The van der Waals surface area contributed by atoms with Gasteiger partial charge in [-0.2, -0.15) is 0 Å². The molecule has 0 atom stereocenters. The van der Waals surface area contributed by atoms with Crippen LogP contribution in [0.2, 0.25) is 0 Å². The van der Waals surface area contributed by atoms with E-state index < -0.39 is 0 Å². The summed E-state index contributed by atoms with van der Waals surface area (Å²) in [7, 11) is 6.48. The molecule has 196 valence electrons. The summed E-state index contributed by atoms with van der Waals surface area (Å²) < 4.78 is 21.8. The summed E-state index contributed by atoms with van der Waals surface area (Å²) in [4.78, 5) is 16.0. The summed E-state index contributed by atoms with van der Waals surface area (Å²) in [6.45, 7) is 5.09. The molecule has 0 unspecified atom stereocenters. The van der Waals surface area contributed by atoms with E-state index >= 15 is 0 Å². The number of nitrogens with one attached hydrogen (secondary N) is 2. The van der Waals surface area contributed by atoms with Crippen molar-refractivity contribution in [2.45, 2.75) is 6.42 Å². The Morgan fingerprint density at radius 3 is 2.03 bits per heavy atom. The summed E-state index contributed by atoms with van der Waals surface area (Å²) in [5.41, 5.74) is 2.01. The maximum Gasteiger partial charge on any atom is 0.203 e. The molecule has 3 aromatic carbocycles. The van der Waals surface area contributed by atoms with E-state index in [1.807, 2.05) is 36.4 Å². The number of halogens is 2. The van der Waals surface area contributed by atoms with Crippen LogP contribution >= 0.6 is 0 Å². The van der Waals surface area contributed by atoms with E-state index in [1.54, 1.807) is 28.4 Å². The second kappa shape index (κ2) is 13.6. The van der Waals surface area contributed by atoms with Crippen LogP contribution in [0.5, 0.6) is 23.0 Å². The Labute approximate surface area is 225 Å². The van der Waals surface area contributed by atoms with E-state index in [0.29, 0.717) is 29.2 Å². The van der Waals surface area contributed by atoms with E-state index in [2.05, 4.69) is 12.1 Å². The lowest BCUT2D eigenvalue weighted by molar-refractivity contribution is -0.986. The third-order valence-electron chi connectivity index (χ3n) is 6.73. The van der Waals surface area contributed by atoms with Crippen LogP contribution in [0.25, 0.3) is 10.8 Å². The number of hydrogen-bond acceptors (Lipinski definition) is 5. The van der Waals surface area contributed by atoms with Crippen LogP contribution in [-0.4, -0.2) is 66.9 Å². The van der Waals surface area contributed by atoms with Gasteiger partial charge in [-0.15, -0.1) is 0 Å². The summed E-state index contributed by atoms with van der Waals surface area (Å²) in [5, 5.41) is 1.78. The van der Waals surface area contributed by atoms with Crippen molar-refractivity contribution in [3.63, 3.8) is 0 Å². The molecule has 1 saturated heterocycles. The van der Waals surface area contributed by atoms with E-state index in [1.165, 1.54) is 15.5 Å². The lowest BCUT2D eigenvalue weighted by Crippen LogP contribution is -3.26. The lowest BCUT2D eigenvalue weighted by atomic mass is 10.0. The van der Waals surface area contributed by atoms with E-state index in [9.17, 15) is 4.79 Å². The second-order valence-corrected chi connectivity index (χ2v) is 8.59. The highest BCUT2D eigenvalue weighted by atomic mass is 35.5. The molecule has 2 N–H and O–H groups in total. The van der Waals surface area contributed by atoms with Gasteiger partial charge in [-0.05, 0) is 35.7 Å². The molecule has 1 fully saturated rings. The predicted molar refractivity (Wildman–Crippen MR) is 131 cm³/mol. The fraction of sp³-hybridized carbons (Fsp3) is 0.370. The number of benzene rings is 3. The van der Waals surface area contributed by atoms with Gasteiger partial charge in [0.05, 0.1) is 41.4 Å². The molecule has 9 heteroatoms. The van der Waals surface area contributed by atoms with Gasteiger partial charge in [0.15, 0.2) is 17.3 Å². The van der Waals surface area contributed by atoms with Crippen LogP contribution in [0.1, 0.15) is 16.8 Å². The van der Waals surface area contributed by atoms with Crippen molar-refractivity contribution in [3.05, 3.63) is 54.1 Å². The van der Waals surface area contributed by atoms with Gasteiger partial charge < -0.3 is 48.7 Å². The number of ether oxygens (including phenoxy) is 4. The van der Waals surface area contributed by atoms with Crippen LogP contribution < -0.4 is 53.6 Å². The largest absolute Gasteiger partial charge is 1.00 e. The molecular weight excluding hydrogens is 503 g/mol. The summed E-state index contributed by atoms with van der Waals surface area (Å²) in [5.74, 6) is 2.79. The summed E-state index contributed by atoms with van der Waals surface area (Å²) in [6.07, 6.45) is 0.531. The molecule has 7 nitrogen and oxygen atoms in total. The Kier molecular flexibility index (Phi) is 11.1. The lowest BCUT2D eigenvalue weighted by Gasteiger charge is -2.29. The highest BCUT2D eigenvalue weighted by Gasteiger charge is 2.25. The number of rotatable bonds is 9. The van der Waals surface area contributed by atoms with Crippen molar-refractivity contribution in [2.75, 3.05) is 61.2 Å². The molecule has 0 aliphatic carbocycles. The van der Waals surface area contributed by atoms with Crippen LogP contribution in [0.15, 0.2) is 48.5 Å². The highest BCUT2D eigenvalue weighted by Crippen LogP contribution is 2.43. The Bertz CT molecular complexity index is 1150. The minimum absolute atomic E-state index is 0. The van der Waals surface area contributed by atoms with Gasteiger partial charge in [-0.25, -0.2) is 0 Å². The number of hydrogen-bond donors (Lipinski definition) is 2. The number of Topliss-reactive ketones (excluding diaryl/α,β-unsaturated/α-hetero) is 1. The molecule has 1 aliphatic rings. The Morgan fingerprint density at radius 2 is 1.44 bits per heavy atom. The molecule has 1 aliphatic heterocycles. The molecule has 0 aromatic heterocycles. The molecule has 1 heterocycles. The molecule has 0 bridgehead atoms. The molecule has 0 saturated carbocycles. The Hall–Kier alpha value is -2.71. The number of fused-ring (bicyclic) bond motifs is 1.